The van der Waals surface area contributed by atoms with E-state index in [0.29, 0.717) is 28.5 Å². The largest absolute Gasteiger partial charge is 0.461 e. The third-order valence-corrected chi connectivity index (χ3v) is 4.52. The Bertz CT molecular complexity index is 1330. The van der Waals surface area contributed by atoms with Gasteiger partial charge in [0.2, 0.25) is 0 Å². The van der Waals surface area contributed by atoms with Gasteiger partial charge >= 0.3 is 0 Å². The fourth-order valence-corrected chi connectivity index (χ4v) is 3.24. The van der Waals surface area contributed by atoms with Crippen molar-refractivity contribution in [3.8, 4) is 11.6 Å². The Balaban J connectivity index is 1.47. The van der Waals surface area contributed by atoms with Crippen LogP contribution in [0.5, 0.6) is 0 Å². The minimum Gasteiger partial charge on any atom is -0.461 e. The number of rotatable bonds is 3. The maximum absolute atomic E-state index is 12.8. The molecule has 28 heavy (non-hydrogen) atoms. The normalized spacial score (nSPS) is 11.4. The molecule has 0 atom stereocenters. The number of hydrogen-bond donors (Lipinski definition) is 2. The molecule has 1 aromatic carbocycles. The Hall–Kier alpha value is -3.94. The number of furan rings is 1. The fraction of sp³-hybridized carbons (Fsp3) is 0.100. The maximum atomic E-state index is 12.8. The van der Waals surface area contributed by atoms with Gasteiger partial charge in [0.1, 0.15) is 5.56 Å². The molecule has 4 heterocycles. The van der Waals surface area contributed by atoms with E-state index >= 15 is 0 Å². The first kappa shape index (κ1) is 16.2. The molecular weight excluding hydrogens is 356 g/mol. The van der Waals surface area contributed by atoms with Crippen LogP contribution in [0.25, 0.3) is 28.3 Å². The SMILES string of the molecule is Cc1cc(C)n2ncc(C(=O)Nc3ccc4[nH]c(-c5ccco5)nc4c3)c2n1. The van der Waals surface area contributed by atoms with Crippen molar-refractivity contribution >= 4 is 28.3 Å². The van der Waals surface area contributed by atoms with Crippen LogP contribution < -0.4 is 5.32 Å². The Morgan fingerprint density at radius 2 is 2.07 bits per heavy atom. The van der Waals surface area contributed by atoms with Crippen LogP contribution in [0.4, 0.5) is 5.69 Å². The first-order valence-electron chi connectivity index (χ1n) is 8.75. The van der Waals surface area contributed by atoms with Crippen molar-refractivity contribution in [3.05, 3.63) is 65.8 Å². The summed E-state index contributed by atoms with van der Waals surface area (Å²) in [6.07, 6.45) is 3.13. The number of carbonyl (C=O) groups is 1. The summed E-state index contributed by atoms with van der Waals surface area (Å²) in [5.41, 5.74) is 4.94. The number of nitrogens with one attached hydrogen (secondary N) is 2. The summed E-state index contributed by atoms with van der Waals surface area (Å²) in [7, 11) is 0. The third kappa shape index (κ3) is 2.62. The summed E-state index contributed by atoms with van der Waals surface area (Å²) in [6.45, 7) is 3.82. The molecule has 2 N–H and O–H groups in total. The monoisotopic (exact) mass is 372 g/mol. The number of carbonyl (C=O) groups excluding carboxylic acids is 1. The molecule has 0 aliphatic rings. The Labute approximate surface area is 159 Å². The quantitative estimate of drug-likeness (QED) is 0.502. The molecule has 5 rings (SSSR count). The number of anilines is 1. The Morgan fingerprint density at radius 1 is 1.18 bits per heavy atom. The molecule has 0 spiro atoms. The standard InChI is InChI=1S/C20H16N6O2/c1-11-8-12(2)26-19(22-11)14(10-21-26)20(27)23-13-5-6-15-16(9-13)25-18(24-15)17-4-3-7-28-17/h3-10H,1-2H3,(H,23,27)(H,24,25). The van der Waals surface area contributed by atoms with E-state index in [1.54, 1.807) is 10.8 Å². The molecule has 8 nitrogen and oxygen atoms in total. The van der Waals surface area contributed by atoms with Gasteiger partial charge in [-0.2, -0.15) is 5.10 Å². The second-order valence-electron chi connectivity index (χ2n) is 6.58. The smallest absolute Gasteiger partial charge is 0.261 e. The number of aromatic nitrogens is 5. The Morgan fingerprint density at radius 3 is 2.89 bits per heavy atom. The number of nitrogens with zero attached hydrogens (tertiary/aromatic N) is 4. The van der Waals surface area contributed by atoms with Crippen molar-refractivity contribution < 1.29 is 9.21 Å². The molecule has 0 bridgehead atoms. The lowest BCUT2D eigenvalue weighted by Gasteiger charge is -2.05. The zero-order valence-electron chi connectivity index (χ0n) is 15.2. The molecule has 0 unspecified atom stereocenters. The lowest BCUT2D eigenvalue weighted by atomic mass is 10.2. The molecule has 1 amide bonds. The van der Waals surface area contributed by atoms with Gasteiger partial charge in [-0.05, 0) is 50.2 Å². The summed E-state index contributed by atoms with van der Waals surface area (Å²) < 4.78 is 7.03. The predicted octanol–water partition coefficient (Wildman–Crippen LogP) is 3.73. The topological polar surface area (TPSA) is 101 Å². The van der Waals surface area contributed by atoms with Gasteiger partial charge in [0, 0.05) is 17.1 Å². The van der Waals surface area contributed by atoms with Crippen LogP contribution in [-0.2, 0) is 0 Å². The van der Waals surface area contributed by atoms with Crippen molar-refractivity contribution in [2.24, 2.45) is 0 Å². The lowest BCUT2D eigenvalue weighted by Crippen LogP contribution is -2.12. The van der Waals surface area contributed by atoms with E-state index in [-0.39, 0.29) is 5.91 Å². The second kappa shape index (κ2) is 6.05. The maximum Gasteiger partial charge on any atom is 0.261 e. The Kier molecular flexibility index (Phi) is 3.51. The summed E-state index contributed by atoms with van der Waals surface area (Å²) in [5, 5.41) is 7.17. The van der Waals surface area contributed by atoms with E-state index in [9.17, 15) is 4.79 Å². The summed E-state index contributed by atoms with van der Waals surface area (Å²) in [4.78, 5) is 25.0. The summed E-state index contributed by atoms with van der Waals surface area (Å²) in [6, 6.07) is 11.1. The van der Waals surface area contributed by atoms with Gasteiger partial charge in [0.25, 0.3) is 5.91 Å². The van der Waals surface area contributed by atoms with Crippen molar-refractivity contribution in [2.75, 3.05) is 5.32 Å². The van der Waals surface area contributed by atoms with Gasteiger partial charge < -0.3 is 14.7 Å². The highest BCUT2D eigenvalue weighted by Gasteiger charge is 2.16. The highest BCUT2D eigenvalue weighted by Crippen LogP contribution is 2.23. The molecule has 0 saturated heterocycles. The minimum atomic E-state index is -0.270. The van der Waals surface area contributed by atoms with Crippen LogP contribution in [-0.4, -0.2) is 30.5 Å². The fourth-order valence-electron chi connectivity index (χ4n) is 3.24. The molecule has 0 aliphatic heterocycles. The zero-order valence-corrected chi connectivity index (χ0v) is 15.2. The number of imidazole rings is 1. The van der Waals surface area contributed by atoms with Gasteiger partial charge in [0.15, 0.2) is 17.2 Å². The molecular formula is C20H16N6O2. The highest BCUT2D eigenvalue weighted by molar-refractivity contribution is 6.08. The first-order valence-corrected chi connectivity index (χ1v) is 8.75. The molecule has 0 aliphatic carbocycles. The minimum absolute atomic E-state index is 0.270. The molecule has 0 fully saturated rings. The van der Waals surface area contributed by atoms with Crippen LogP contribution in [0.15, 0.2) is 53.3 Å². The molecule has 138 valence electrons. The molecule has 0 radical (unpaired) electrons. The molecule has 8 heteroatoms. The first-order chi connectivity index (χ1) is 13.6. The molecule has 5 aromatic rings. The average Bonchev–Trinajstić information content (AvgIpc) is 3.39. The van der Waals surface area contributed by atoms with Crippen molar-refractivity contribution in [2.45, 2.75) is 13.8 Å². The number of aryl methyl sites for hydroxylation is 2. The van der Waals surface area contributed by atoms with Gasteiger partial charge in [-0.1, -0.05) is 0 Å². The molecule has 4 aromatic heterocycles. The zero-order chi connectivity index (χ0) is 19.3. The van der Waals surface area contributed by atoms with E-state index < -0.39 is 0 Å². The highest BCUT2D eigenvalue weighted by atomic mass is 16.3. The van der Waals surface area contributed by atoms with Crippen molar-refractivity contribution in [1.82, 2.24) is 24.6 Å². The van der Waals surface area contributed by atoms with E-state index in [0.717, 1.165) is 22.4 Å². The van der Waals surface area contributed by atoms with E-state index in [2.05, 4.69) is 25.4 Å². The predicted molar refractivity (Wildman–Crippen MR) is 104 cm³/mol. The van der Waals surface area contributed by atoms with Crippen LogP contribution in [0, 0.1) is 13.8 Å². The van der Waals surface area contributed by atoms with Gasteiger partial charge in [-0.15, -0.1) is 0 Å². The average molecular weight is 372 g/mol. The third-order valence-electron chi connectivity index (χ3n) is 4.52. The second-order valence-corrected chi connectivity index (χ2v) is 6.58. The number of benzene rings is 1. The number of H-pyrrole nitrogens is 1. The number of fused-ring (bicyclic) bond motifs is 2. The lowest BCUT2D eigenvalue weighted by molar-refractivity contribution is 0.102. The number of amides is 1. The van der Waals surface area contributed by atoms with Crippen molar-refractivity contribution in [3.63, 3.8) is 0 Å². The summed E-state index contributed by atoms with van der Waals surface area (Å²) >= 11 is 0. The number of hydrogen-bond acceptors (Lipinski definition) is 5. The van der Waals surface area contributed by atoms with E-state index in [4.69, 9.17) is 4.42 Å². The summed E-state index contributed by atoms with van der Waals surface area (Å²) in [5.74, 6) is 1.03. The van der Waals surface area contributed by atoms with Crippen LogP contribution in [0.2, 0.25) is 0 Å². The van der Waals surface area contributed by atoms with Crippen LogP contribution in [0.3, 0.4) is 0 Å². The van der Waals surface area contributed by atoms with Crippen molar-refractivity contribution in [1.29, 1.82) is 0 Å². The van der Waals surface area contributed by atoms with Crippen LogP contribution in [0.1, 0.15) is 21.7 Å². The van der Waals surface area contributed by atoms with Gasteiger partial charge in [-0.25, -0.2) is 14.5 Å². The van der Waals surface area contributed by atoms with Gasteiger partial charge in [-0.3, -0.25) is 4.79 Å². The van der Waals surface area contributed by atoms with Crippen LogP contribution >= 0.6 is 0 Å². The van der Waals surface area contributed by atoms with E-state index in [1.165, 1.54) is 6.20 Å². The van der Waals surface area contributed by atoms with Gasteiger partial charge in [0.05, 0.1) is 23.5 Å². The molecule has 0 saturated carbocycles. The van der Waals surface area contributed by atoms with E-state index in [1.807, 2.05) is 50.2 Å². The number of aromatic amines is 1.